The molecule has 0 saturated carbocycles. The highest BCUT2D eigenvalue weighted by Crippen LogP contribution is 2.07. The lowest BCUT2D eigenvalue weighted by Gasteiger charge is -2.05. The van der Waals surface area contributed by atoms with Gasteiger partial charge in [0.25, 0.3) is 0 Å². The van der Waals surface area contributed by atoms with Gasteiger partial charge in [0.05, 0.1) is 0 Å². The maximum absolute atomic E-state index is 11.3. The molecule has 6 nitrogen and oxygen atoms in total. The molecule has 3 rings (SSSR count). The Hall–Kier alpha value is -2.63. The third-order valence-corrected chi connectivity index (χ3v) is 2.63. The number of nitrogens with one attached hydrogen (secondary N) is 2. The van der Waals surface area contributed by atoms with E-state index in [2.05, 4.69) is 20.5 Å². The van der Waals surface area contributed by atoms with Crippen LogP contribution in [0.2, 0.25) is 0 Å². The van der Waals surface area contributed by atoms with E-state index in [0.717, 1.165) is 0 Å². The fourth-order valence-electron chi connectivity index (χ4n) is 1.69. The Morgan fingerprint density at radius 3 is 2.94 bits per heavy atom. The van der Waals surface area contributed by atoms with E-state index >= 15 is 0 Å². The number of aromatic nitrogens is 4. The van der Waals surface area contributed by atoms with E-state index in [1.165, 1.54) is 16.3 Å². The van der Waals surface area contributed by atoms with E-state index in [0.29, 0.717) is 18.0 Å². The first-order valence-electron chi connectivity index (χ1n) is 5.53. The summed E-state index contributed by atoms with van der Waals surface area (Å²) in [5, 5.41) is 9.43. The molecule has 6 heteroatoms. The zero-order chi connectivity index (χ0) is 12.4. The summed E-state index contributed by atoms with van der Waals surface area (Å²) < 4.78 is 1.35. The Bertz CT molecular complexity index is 716. The topological polar surface area (TPSA) is 75.1 Å². The fraction of sp³-hybridized carbons (Fsp3) is 0.0833. The number of benzene rings is 1. The van der Waals surface area contributed by atoms with Crippen molar-refractivity contribution in [3.8, 4) is 0 Å². The van der Waals surface area contributed by atoms with Crippen molar-refractivity contribution in [2.75, 3.05) is 5.32 Å². The Labute approximate surface area is 102 Å². The predicted molar refractivity (Wildman–Crippen MR) is 67.4 cm³/mol. The monoisotopic (exact) mass is 241 g/mol. The first-order chi connectivity index (χ1) is 8.83. The molecule has 0 spiro atoms. The van der Waals surface area contributed by atoms with Crippen LogP contribution in [0.1, 0.15) is 5.56 Å². The van der Waals surface area contributed by atoms with Crippen molar-refractivity contribution in [1.29, 1.82) is 0 Å². The minimum Gasteiger partial charge on any atom is -0.366 e. The standard InChI is InChI=1S/C12H11N5O/c18-12-16-15-11-6-10(14-8-17(11)12)13-7-9-4-2-1-3-5-9/h1-6,8,13H,7H2,(H,16,18). The molecule has 2 heterocycles. The second-order valence-corrected chi connectivity index (χ2v) is 3.87. The predicted octanol–water partition coefficient (Wildman–Crippen LogP) is 1.03. The van der Waals surface area contributed by atoms with Gasteiger partial charge in [-0.25, -0.2) is 19.3 Å². The molecule has 0 aliphatic carbocycles. The number of rotatable bonds is 3. The van der Waals surface area contributed by atoms with Gasteiger partial charge < -0.3 is 5.32 Å². The summed E-state index contributed by atoms with van der Waals surface area (Å²) in [7, 11) is 0. The maximum atomic E-state index is 11.3. The molecule has 0 atom stereocenters. The van der Waals surface area contributed by atoms with E-state index in [4.69, 9.17) is 0 Å². The Morgan fingerprint density at radius 2 is 2.11 bits per heavy atom. The number of H-pyrrole nitrogens is 1. The number of aromatic amines is 1. The number of fused-ring (bicyclic) bond motifs is 1. The Morgan fingerprint density at radius 1 is 1.28 bits per heavy atom. The molecule has 2 aromatic heterocycles. The van der Waals surface area contributed by atoms with E-state index < -0.39 is 0 Å². The van der Waals surface area contributed by atoms with Gasteiger partial charge in [-0.15, -0.1) is 0 Å². The minimum absolute atomic E-state index is 0.285. The van der Waals surface area contributed by atoms with Crippen molar-refractivity contribution in [2.45, 2.75) is 6.54 Å². The molecule has 0 saturated heterocycles. The van der Waals surface area contributed by atoms with Gasteiger partial charge in [-0.3, -0.25) is 0 Å². The van der Waals surface area contributed by atoms with Crippen LogP contribution in [0.25, 0.3) is 5.65 Å². The van der Waals surface area contributed by atoms with E-state index in [9.17, 15) is 4.79 Å². The molecule has 0 unspecified atom stereocenters. The van der Waals surface area contributed by atoms with Crippen LogP contribution in [0.15, 0.2) is 47.5 Å². The minimum atomic E-state index is -0.285. The molecule has 0 bridgehead atoms. The molecular formula is C12H11N5O. The first-order valence-corrected chi connectivity index (χ1v) is 5.53. The molecular weight excluding hydrogens is 230 g/mol. The van der Waals surface area contributed by atoms with E-state index in [1.54, 1.807) is 6.07 Å². The molecule has 0 amide bonds. The second kappa shape index (κ2) is 4.33. The highest BCUT2D eigenvalue weighted by atomic mass is 16.1. The molecule has 18 heavy (non-hydrogen) atoms. The second-order valence-electron chi connectivity index (χ2n) is 3.87. The van der Waals surface area contributed by atoms with Crippen molar-refractivity contribution < 1.29 is 0 Å². The number of nitrogens with zero attached hydrogens (tertiary/aromatic N) is 3. The lowest BCUT2D eigenvalue weighted by atomic mass is 10.2. The van der Waals surface area contributed by atoms with Crippen LogP contribution >= 0.6 is 0 Å². The van der Waals surface area contributed by atoms with Crippen molar-refractivity contribution in [2.24, 2.45) is 0 Å². The number of anilines is 1. The molecule has 0 fully saturated rings. The third kappa shape index (κ3) is 1.95. The van der Waals surface area contributed by atoms with Crippen LogP contribution in [0, 0.1) is 0 Å². The van der Waals surface area contributed by atoms with Gasteiger partial charge in [0.15, 0.2) is 5.65 Å². The summed E-state index contributed by atoms with van der Waals surface area (Å²) >= 11 is 0. The van der Waals surface area contributed by atoms with Crippen LogP contribution in [-0.4, -0.2) is 19.6 Å². The van der Waals surface area contributed by atoms with Crippen molar-refractivity contribution >= 4 is 11.5 Å². The summed E-state index contributed by atoms with van der Waals surface area (Å²) in [5.74, 6) is 0.686. The van der Waals surface area contributed by atoms with Gasteiger partial charge >= 0.3 is 5.69 Å². The molecule has 0 aliphatic rings. The number of hydrogen-bond acceptors (Lipinski definition) is 4. The van der Waals surface area contributed by atoms with Crippen molar-refractivity contribution in [1.82, 2.24) is 19.6 Å². The van der Waals surface area contributed by atoms with Crippen LogP contribution in [0.3, 0.4) is 0 Å². The molecule has 0 radical (unpaired) electrons. The largest absolute Gasteiger partial charge is 0.366 e. The molecule has 2 N–H and O–H groups in total. The van der Waals surface area contributed by atoms with Crippen molar-refractivity contribution in [3.63, 3.8) is 0 Å². The summed E-state index contributed by atoms with van der Waals surface area (Å²) in [6.45, 7) is 0.679. The summed E-state index contributed by atoms with van der Waals surface area (Å²) in [6.07, 6.45) is 1.45. The van der Waals surface area contributed by atoms with E-state index in [1.807, 2.05) is 30.3 Å². The molecule has 0 aliphatic heterocycles. The Kier molecular flexibility index (Phi) is 2.53. The molecule has 3 aromatic rings. The number of hydrogen-bond donors (Lipinski definition) is 2. The van der Waals surface area contributed by atoms with Gasteiger partial charge in [-0.05, 0) is 5.56 Å². The van der Waals surface area contributed by atoms with Gasteiger partial charge in [0.1, 0.15) is 12.1 Å². The normalized spacial score (nSPS) is 10.7. The SMILES string of the molecule is O=c1[nH]nc2cc(NCc3ccccc3)ncn12. The molecule has 90 valence electrons. The summed E-state index contributed by atoms with van der Waals surface area (Å²) in [6, 6.07) is 11.7. The summed E-state index contributed by atoms with van der Waals surface area (Å²) in [4.78, 5) is 15.4. The lowest BCUT2D eigenvalue weighted by molar-refractivity contribution is 0.990. The van der Waals surface area contributed by atoms with Gasteiger partial charge in [0, 0.05) is 12.6 Å². The Balaban J connectivity index is 1.81. The first kappa shape index (κ1) is 10.5. The molecule has 1 aromatic carbocycles. The van der Waals surface area contributed by atoms with Gasteiger partial charge in [0.2, 0.25) is 0 Å². The highest BCUT2D eigenvalue weighted by Gasteiger charge is 2.01. The lowest BCUT2D eigenvalue weighted by Crippen LogP contribution is -2.10. The van der Waals surface area contributed by atoms with Crippen LogP contribution in [0.4, 0.5) is 5.82 Å². The fourth-order valence-corrected chi connectivity index (χ4v) is 1.69. The van der Waals surface area contributed by atoms with E-state index in [-0.39, 0.29) is 5.69 Å². The zero-order valence-electron chi connectivity index (χ0n) is 9.50. The quantitative estimate of drug-likeness (QED) is 0.718. The smallest absolute Gasteiger partial charge is 0.348 e. The average Bonchev–Trinajstić information content (AvgIpc) is 2.79. The maximum Gasteiger partial charge on any atom is 0.348 e. The third-order valence-electron chi connectivity index (χ3n) is 2.63. The van der Waals surface area contributed by atoms with Crippen LogP contribution in [-0.2, 0) is 6.54 Å². The van der Waals surface area contributed by atoms with Crippen LogP contribution in [0.5, 0.6) is 0 Å². The van der Waals surface area contributed by atoms with Crippen molar-refractivity contribution in [3.05, 3.63) is 58.8 Å². The van der Waals surface area contributed by atoms with Gasteiger partial charge in [-0.2, -0.15) is 5.10 Å². The summed E-state index contributed by atoms with van der Waals surface area (Å²) in [5.41, 5.74) is 1.43. The van der Waals surface area contributed by atoms with Gasteiger partial charge in [-0.1, -0.05) is 30.3 Å². The van der Waals surface area contributed by atoms with Crippen LogP contribution < -0.4 is 11.0 Å². The average molecular weight is 241 g/mol. The zero-order valence-corrected chi connectivity index (χ0v) is 9.50. The highest BCUT2D eigenvalue weighted by molar-refractivity contribution is 5.48.